The lowest BCUT2D eigenvalue weighted by Crippen LogP contribution is -2.01. The van der Waals surface area contributed by atoms with Crippen molar-refractivity contribution in [1.82, 2.24) is 0 Å². The molecular weight excluding hydrogens is 167 g/mol. The van der Waals surface area contributed by atoms with Crippen LogP contribution in [0.3, 0.4) is 0 Å². The van der Waals surface area contributed by atoms with E-state index in [0.29, 0.717) is 0 Å². The van der Waals surface area contributed by atoms with Crippen LogP contribution in [0.15, 0.2) is 24.3 Å². The third-order valence-corrected chi connectivity index (χ3v) is 1.49. The van der Waals surface area contributed by atoms with Crippen LogP contribution < -0.4 is 10.2 Å². The Morgan fingerprint density at radius 1 is 1.15 bits per heavy atom. The van der Waals surface area contributed by atoms with E-state index < -0.39 is 0 Å². The summed E-state index contributed by atoms with van der Waals surface area (Å²) in [4.78, 5) is 0. The molecule has 0 radical (unpaired) electrons. The molecule has 74 valence electrons. The second-order valence-electron chi connectivity index (χ2n) is 2.66. The molecule has 0 heterocycles. The van der Waals surface area contributed by atoms with E-state index in [1.165, 1.54) is 5.46 Å². The summed E-state index contributed by atoms with van der Waals surface area (Å²) in [6.07, 6.45) is 1.06. The maximum absolute atomic E-state index is 5.41. The van der Waals surface area contributed by atoms with Gasteiger partial charge in [0.1, 0.15) is 13.6 Å². The fourth-order valence-corrected chi connectivity index (χ4v) is 0.854. The highest BCUT2D eigenvalue weighted by atomic mass is 16.5. The highest BCUT2D eigenvalue weighted by Crippen LogP contribution is 2.06. The molecule has 0 aliphatic heterocycles. The zero-order valence-electron chi connectivity index (χ0n) is 8.13. The van der Waals surface area contributed by atoms with Crippen LogP contribution in [0.25, 0.3) is 0 Å². The third-order valence-electron chi connectivity index (χ3n) is 1.49. The predicted molar refractivity (Wildman–Crippen MR) is 57.6 cm³/mol. The number of benzene rings is 1. The maximum atomic E-state index is 5.41. The zero-order chi connectivity index (χ0) is 8.10. The van der Waals surface area contributed by atoms with Gasteiger partial charge in [-0.3, -0.25) is 0 Å². The molecule has 1 aromatic carbocycles. The average Bonchev–Trinajstić information content (AvgIpc) is 2.04. The second-order valence-corrected chi connectivity index (χ2v) is 2.66. The minimum atomic E-state index is 0. The Bertz CT molecular complexity index is 211. The first-order chi connectivity index (χ1) is 5.33. The molecule has 0 saturated carbocycles. The molecule has 0 saturated heterocycles. The highest BCUT2D eigenvalue weighted by molar-refractivity contribution is 6.32. The van der Waals surface area contributed by atoms with E-state index in [4.69, 9.17) is 4.74 Å². The quantitative estimate of drug-likeness (QED) is 0.560. The molecule has 0 spiro atoms. The van der Waals surface area contributed by atoms with Gasteiger partial charge in [-0.1, -0.05) is 24.5 Å². The van der Waals surface area contributed by atoms with Crippen LogP contribution >= 0.6 is 0 Å². The molecule has 4 N–H and O–H groups in total. The summed E-state index contributed by atoms with van der Waals surface area (Å²) in [6, 6.07) is 8.13. The summed E-state index contributed by atoms with van der Waals surface area (Å²) >= 11 is 0. The van der Waals surface area contributed by atoms with Crippen LogP contribution in [0.1, 0.15) is 13.3 Å². The molecule has 0 aromatic heterocycles. The van der Waals surface area contributed by atoms with E-state index in [1.807, 2.05) is 12.1 Å². The van der Waals surface area contributed by atoms with Crippen LogP contribution in [0.5, 0.6) is 5.75 Å². The average molecular weight is 184 g/mol. The van der Waals surface area contributed by atoms with Crippen LogP contribution in [0, 0.1) is 0 Å². The molecule has 0 atom stereocenters. The van der Waals surface area contributed by atoms with Crippen molar-refractivity contribution in [3.8, 4) is 5.75 Å². The summed E-state index contributed by atoms with van der Waals surface area (Å²) in [6.45, 7) is 2.91. The Balaban J connectivity index is 0. The van der Waals surface area contributed by atoms with Crippen LogP contribution in [-0.2, 0) is 0 Å². The molecule has 0 fully saturated rings. The summed E-state index contributed by atoms with van der Waals surface area (Å²) in [5.74, 6) is 0.970. The molecule has 0 aliphatic rings. The van der Waals surface area contributed by atoms with Crippen molar-refractivity contribution in [2.75, 3.05) is 6.61 Å². The van der Waals surface area contributed by atoms with Gasteiger partial charge in [0.05, 0.1) is 6.61 Å². The second kappa shape index (κ2) is 7.64. The van der Waals surface area contributed by atoms with Crippen molar-refractivity contribution < 1.29 is 15.7 Å². The SMILES string of the molecule is Bc1ccc(OCCC)cc1.O.O. The van der Waals surface area contributed by atoms with Gasteiger partial charge in [-0.25, -0.2) is 0 Å². The van der Waals surface area contributed by atoms with Gasteiger partial charge in [0.25, 0.3) is 0 Å². The minimum Gasteiger partial charge on any atom is -0.494 e. The monoisotopic (exact) mass is 184 g/mol. The summed E-state index contributed by atoms with van der Waals surface area (Å²) in [5.41, 5.74) is 1.27. The predicted octanol–water partition coefficient (Wildman–Crippen LogP) is -0.916. The maximum Gasteiger partial charge on any atom is 0.139 e. The molecule has 3 nitrogen and oxygen atoms in total. The van der Waals surface area contributed by atoms with Gasteiger partial charge in [-0.15, -0.1) is 0 Å². The zero-order valence-corrected chi connectivity index (χ0v) is 8.13. The Hall–Kier alpha value is -0.995. The summed E-state index contributed by atoms with van der Waals surface area (Å²) in [7, 11) is 2.07. The van der Waals surface area contributed by atoms with Crippen molar-refractivity contribution in [3.63, 3.8) is 0 Å². The largest absolute Gasteiger partial charge is 0.494 e. The molecular formula is C9H17BO3. The standard InChI is InChI=1S/C9H13BO.2H2O/c1-2-7-11-9-5-3-8(10)4-6-9;;/h3-6H,2,7,10H2,1H3;2*1H2. The van der Waals surface area contributed by atoms with Crippen molar-refractivity contribution >= 4 is 13.3 Å². The van der Waals surface area contributed by atoms with E-state index >= 15 is 0 Å². The number of hydrogen-bond acceptors (Lipinski definition) is 1. The smallest absolute Gasteiger partial charge is 0.139 e. The molecule has 0 bridgehead atoms. The van der Waals surface area contributed by atoms with Gasteiger partial charge < -0.3 is 15.7 Å². The summed E-state index contributed by atoms with van der Waals surface area (Å²) < 4.78 is 5.41. The van der Waals surface area contributed by atoms with Crippen LogP contribution in [-0.4, -0.2) is 25.4 Å². The first-order valence-corrected chi connectivity index (χ1v) is 4.02. The first kappa shape index (κ1) is 14.5. The van der Waals surface area contributed by atoms with Gasteiger partial charge in [0.15, 0.2) is 0 Å². The molecule has 13 heavy (non-hydrogen) atoms. The molecule has 1 rings (SSSR count). The Morgan fingerprint density at radius 2 is 1.69 bits per heavy atom. The fourth-order valence-electron chi connectivity index (χ4n) is 0.854. The van der Waals surface area contributed by atoms with Gasteiger partial charge >= 0.3 is 0 Å². The van der Waals surface area contributed by atoms with E-state index in [9.17, 15) is 0 Å². The van der Waals surface area contributed by atoms with Crippen LogP contribution in [0.4, 0.5) is 0 Å². The fraction of sp³-hybridized carbons (Fsp3) is 0.333. The van der Waals surface area contributed by atoms with E-state index in [0.717, 1.165) is 18.8 Å². The van der Waals surface area contributed by atoms with E-state index in [1.54, 1.807) is 0 Å². The summed E-state index contributed by atoms with van der Waals surface area (Å²) in [5, 5.41) is 0. The van der Waals surface area contributed by atoms with E-state index in [-0.39, 0.29) is 11.0 Å². The Labute approximate surface area is 79.8 Å². The highest BCUT2D eigenvalue weighted by Gasteiger charge is 1.89. The van der Waals surface area contributed by atoms with Crippen molar-refractivity contribution in [2.45, 2.75) is 13.3 Å². The van der Waals surface area contributed by atoms with Gasteiger partial charge in [0.2, 0.25) is 0 Å². The Kier molecular flexibility index (Phi) is 8.54. The van der Waals surface area contributed by atoms with Gasteiger partial charge in [-0.2, -0.15) is 0 Å². The normalized spacial score (nSPS) is 8.08. The van der Waals surface area contributed by atoms with Crippen LogP contribution in [0.2, 0.25) is 0 Å². The lowest BCUT2D eigenvalue weighted by molar-refractivity contribution is 0.317. The van der Waals surface area contributed by atoms with Crippen molar-refractivity contribution in [1.29, 1.82) is 0 Å². The molecule has 0 unspecified atom stereocenters. The lowest BCUT2D eigenvalue weighted by atomic mass is 9.97. The molecule has 4 heteroatoms. The van der Waals surface area contributed by atoms with Crippen molar-refractivity contribution in [3.05, 3.63) is 24.3 Å². The van der Waals surface area contributed by atoms with E-state index in [2.05, 4.69) is 26.9 Å². The lowest BCUT2D eigenvalue weighted by Gasteiger charge is -2.03. The molecule has 1 aromatic rings. The third kappa shape index (κ3) is 5.28. The van der Waals surface area contributed by atoms with Gasteiger partial charge in [-0.05, 0) is 18.6 Å². The number of ether oxygens (including phenoxy) is 1. The Morgan fingerprint density at radius 3 is 2.15 bits per heavy atom. The van der Waals surface area contributed by atoms with Crippen molar-refractivity contribution in [2.24, 2.45) is 0 Å². The number of rotatable bonds is 3. The first-order valence-electron chi connectivity index (χ1n) is 4.02. The van der Waals surface area contributed by atoms with Gasteiger partial charge in [0, 0.05) is 0 Å². The minimum absolute atomic E-state index is 0. The molecule has 0 aliphatic carbocycles. The number of hydrogen-bond donors (Lipinski definition) is 0. The molecule has 0 amide bonds. The topological polar surface area (TPSA) is 72.2 Å².